The monoisotopic (exact) mass is 344 g/mol. The molecule has 0 radical (unpaired) electrons. The number of hydrogen-bond acceptors (Lipinski definition) is 4. The molecule has 0 spiro atoms. The third kappa shape index (κ3) is 4.37. The van der Waals surface area contributed by atoms with E-state index in [4.69, 9.17) is 0 Å². The third-order valence-corrected chi connectivity index (χ3v) is 4.56. The van der Waals surface area contributed by atoms with Crippen LogP contribution in [0.15, 0.2) is 17.4 Å². The lowest BCUT2D eigenvalue weighted by molar-refractivity contribution is 0.397. The van der Waals surface area contributed by atoms with Crippen LogP contribution in [0.25, 0.3) is 0 Å². The van der Waals surface area contributed by atoms with Gasteiger partial charge >= 0.3 is 0 Å². The molecule has 3 rings (SSSR count). The van der Waals surface area contributed by atoms with E-state index >= 15 is 0 Å². The summed E-state index contributed by atoms with van der Waals surface area (Å²) in [5.41, 5.74) is 0. The van der Waals surface area contributed by atoms with Gasteiger partial charge in [0.25, 0.3) is 0 Å². The summed E-state index contributed by atoms with van der Waals surface area (Å²) in [7, 11) is 1.81. The van der Waals surface area contributed by atoms with Gasteiger partial charge < -0.3 is 15.2 Å². The van der Waals surface area contributed by atoms with Crippen LogP contribution >= 0.6 is 0 Å². The molecule has 0 fully saturated rings. The van der Waals surface area contributed by atoms with Gasteiger partial charge in [-0.3, -0.25) is 4.99 Å². The topological polar surface area (TPSA) is 85.0 Å². The first-order chi connectivity index (χ1) is 12.2. The fourth-order valence-corrected chi connectivity index (χ4v) is 3.22. The molecule has 136 valence electrons. The predicted molar refractivity (Wildman–Crippen MR) is 97.4 cm³/mol. The highest BCUT2D eigenvalue weighted by Crippen LogP contribution is 2.22. The fourth-order valence-electron chi connectivity index (χ4n) is 3.22. The van der Waals surface area contributed by atoms with E-state index in [1.165, 1.54) is 0 Å². The predicted octanol–water partition coefficient (Wildman–Crippen LogP) is 1.57. The summed E-state index contributed by atoms with van der Waals surface area (Å²) in [6.45, 7) is 6.83. The van der Waals surface area contributed by atoms with Gasteiger partial charge in [-0.25, -0.2) is 14.6 Å². The molecule has 1 aliphatic heterocycles. The van der Waals surface area contributed by atoms with Crippen molar-refractivity contribution in [2.75, 3.05) is 13.6 Å². The summed E-state index contributed by atoms with van der Waals surface area (Å²) in [4.78, 5) is 13.2. The number of aliphatic imine (C=N–C) groups is 1. The second kappa shape index (κ2) is 8.13. The minimum atomic E-state index is 0.176. The van der Waals surface area contributed by atoms with E-state index in [2.05, 4.69) is 35.3 Å². The van der Waals surface area contributed by atoms with Gasteiger partial charge in [-0.2, -0.15) is 5.10 Å². The minimum Gasteiger partial charge on any atom is -0.356 e. The summed E-state index contributed by atoms with van der Waals surface area (Å²) >= 11 is 0. The molecular formula is C17H28N8. The van der Waals surface area contributed by atoms with Gasteiger partial charge in [0.05, 0.1) is 6.04 Å². The minimum absolute atomic E-state index is 0.176. The maximum absolute atomic E-state index is 4.56. The van der Waals surface area contributed by atoms with E-state index in [0.717, 1.165) is 68.8 Å². The van der Waals surface area contributed by atoms with Crippen LogP contribution in [-0.2, 0) is 13.1 Å². The van der Waals surface area contributed by atoms with Gasteiger partial charge in [-0.05, 0) is 39.5 Å². The van der Waals surface area contributed by atoms with Crippen molar-refractivity contribution in [2.45, 2.75) is 58.7 Å². The van der Waals surface area contributed by atoms with Gasteiger partial charge in [0.1, 0.15) is 17.5 Å². The normalized spacial score (nSPS) is 17.4. The summed E-state index contributed by atoms with van der Waals surface area (Å²) in [6, 6.07) is 0.176. The first-order valence-electron chi connectivity index (χ1n) is 9.03. The lowest BCUT2D eigenvalue weighted by Crippen LogP contribution is -2.41. The Balaban J connectivity index is 1.43. The van der Waals surface area contributed by atoms with Gasteiger partial charge in [0.15, 0.2) is 5.96 Å². The van der Waals surface area contributed by atoms with Crippen LogP contribution in [0.3, 0.4) is 0 Å². The van der Waals surface area contributed by atoms with E-state index in [-0.39, 0.29) is 6.04 Å². The second-order valence-corrected chi connectivity index (χ2v) is 6.45. The summed E-state index contributed by atoms with van der Waals surface area (Å²) in [6.07, 6.45) is 8.23. The number of nitrogens with zero attached hydrogens (tertiary/aromatic N) is 6. The zero-order valence-corrected chi connectivity index (χ0v) is 15.4. The number of imidazole rings is 1. The summed E-state index contributed by atoms with van der Waals surface area (Å²) in [5.74, 6) is 3.75. The molecule has 2 aromatic heterocycles. The Labute approximate surface area is 148 Å². The van der Waals surface area contributed by atoms with E-state index in [1.807, 2.05) is 38.0 Å². The van der Waals surface area contributed by atoms with Crippen LogP contribution < -0.4 is 10.6 Å². The molecule has 25 heavy (non-hydrogen) atoms. The molecule has 8 nitrogen and oxygen atoms in total. The lowest BCUT2D eigenvalue weighted by atomic mass is 10.1. The van der Waals surface area contributed by atoms with Gasteiger partial charge in [-0.15, -0.1) is 0 Å². The van der Waals surface area contributed by atoms with Crippen molar-refractivity contribution < 1.29 is 0 Å². The van der Waals surface area contributed by atoms with Crippen molar-refractivity contribution in [3.05, 3.63) is 29.9 Å². The fraction of sp³-hybridized carbons (Fsp3) is 0.647. The van der Waals surface area contributed by atoms with Crippen molar-refractivity contribution in [3.8, 4) is 0 Å². The quantitative estimate of drug-likeness (QED) is 0.472. The Morgan fingerprint density at radius 2 is 2.24 bits per heavy atom. The molecule has 2 aromatic rings. The van der Waals surface area contributed by atoms with Crippen molar-refractivity contribution in [1.29, 1.82) is 0 Å². The van der Waals surface area contributed by atoms with Crippen LogP contribution in [0.1, 0.15) is 49.2 Å². The largest absolute Gasteiger partial charge is 0.356 e. The van der Waals surface area contributed by atoms with Gasteiger partial charge in [-0.1, -0.05) is 0 Å². The number of guanidine groups is 1. The molecule has 8 heteroatoms. The molecule has 1 atom stereocenters. The van der Waals surface area contributed by atoms with Crippen molar-refractivity contribution in [3.63, 3.8) is 0 Å². The van der Waals surface area contributed by atoms with Crippen LogP contribution in [0, 0.1) is 13.8 Å². The van der Waals surface area contributed by atoms with E-state index in [9.17, 15) is 0 Å². The second-order valence-electron chi connectivity index (χ2n) is 6.45. The Kier molecular flexibility index (Phi) is 5.67. The average Bonchev–Trinajstić information content (AvgIpc) is 3.18. The molecule has 2 N–H and O–H groups in total. The van der Waals surface area contributed by atoms with Crippen LogP contribution in [-0.4, -0.2) is 43.9 Å². The molecule has 0 saturated heterocycles. The SMILES string of the molecule is CN=C(NCCCCn1ccnc1C)NC1CCCn2nc(C)nc21. The molecule has 1 aliphatic rings. The van der Waals surface area contributed by atoms with Crippen molar-refractivity contribution in [1.82, 2.24) is 34.9 Å². The summed E-state index contributed by atoms with van der Waals surface area (Å²) < 4.78 is 4.20. The third-order valence-electron chi connectivity index (χ3n) is 4.56. The Morgan fingerprint density at radius 3 is 3.00 bits per heavy atom. The average molecular weight is 344 g/mol. The highest BCUT2D eigenvalue weighted by Gasteiger charge is 2.24. The standard InChI is InChI=1S/C17H28N8/c1-13-21-16-15(7-6-11-25(16)23-13)22-17(18-3)20-8-4-5-10-24-12-9-19-14(24)2/h9,12,15H,4-8,10-11H2,1-3H3,(H2,18,20,22). The number of fused-ring (bicyclic) bond motifs is 1. The molecule has 0 aromatic carbocycles. The highest BCUT2D eigenvalue weighted by atomic mass is 15.4. The number of aromatic nitrogens is 5. The van der Waals surface area contributed by atoms with Gasteiger partial charge in [0, 0.05) is 39.1 Å². The Bertz CT molecular complexity index is 714. The molecule has 1 unspecified atom stereocenters. The number of aryl methyl sites for hydroxylation is 4. The first-order valence-corrected chi connectivity index (χ1v) is 9.03. The van der Waals surface area contributed by atoms with Crippen molar-refractivity contribution in [2.24, 2.45) is 4.99 Å². The molecule has 3 heterocycles. The Hall–Kier alpha value is -2.38. The maximum Gasteiger partial charge on any atom is 0.191 e. The number of rotatable bonds is 6. The van der Waals surface area contributed by atoms with Crippen molar-refractivity contribution >= 4 is 5.96 Å². The number of unbranched alkanes of at least 4 members (excludes halogenated alkanes) is 1. The maximum atomic E-state index is 4.56. The first kappa shape index (κ1) is 17.4. The Morgan fingerprint density at radius 1 is 1.36 bits per heavy atom. The molecule has 0 bridgehead atoms. The zero-order chi connectivity index (χ0) is 17.6. The molecule has 0 saturated carbocycles. The molecule has 0 amide bonds. The van der Waals surface area contributed by atoms with E-state index in [0.29, 0.717) is 0 Å². The zero-order valence-electron chi connectivity index (χ0n) is 15.4. The smallest absolute Gasteiger partial charge is 0.191 e. The van der Waals surface area contributed by atoms with E-state index < -0.39 is 0 Å². The number of hydrogen-bond donors (Lipinski definition) is 2. The van der Waals surface area contributed by atoms with Crippen LogP contribution in [0.2, 0.25) is 0 Å². The van der Waals surface area contributed by atoms with E-state index in [1.54, 1.807) is 0 Å². The van der Waals surface area contributed by atoms with Crippen LogP contribution in [0.4, 0.5) is 0 Å². The summed E-state index contributed by atoms with van der Waals surface area (Å²) in [5, 5.41) is 11.3. The number of nitrogens with one attached hydrogen (secondary N) is 2. The highest BCUT2D eigenvalue weighted by molar-refractivity contribution is 5.80. The van der Waals surface area contributed by atoms with Gasteiger partial charge in [0.2, 0.25) is 0 Å². The lowest BCUT2D eigenvalue weighted by Gasteiger charge is -2.25. The molecular weight excluding hydrogens is 316 g/mol. The molecule has 0 aliphatic carbocycles. The van der Waals surface area contributed by atoms with Crippen LogP contribution in [0.5, 0.6) is 0 Å².